The molecule has 0 atom stereocenters. The van der Waals surface area contributed by atoms with Crippen LogP contribution in [0.5, 0.6) is 5.75 Å². The Bertz CT molecular complexity index is 609. The van der Waals surface area contributed by atoms with Crippen LogP contribution >= 0.6 is 0 Å². The number of urea groups is 1. The molecule has 2 N–H and O–H groups in total. The van der Waals surface area contributed by atoms with Crippen LogP contribution in [0.15, 0.2) is 48.5 Å². The Morgan fingerprint density at radius 2 is 1.77 bits per heavy atom. The number of amides is 2. The Labute approximate surface area is 131 Å². The number of carbonyl (C=O) groups excluding carboxylic acids is 1. The molecule has 0 aliphatic carbocycles. The summed E-state index contributed by atoms with van der Waals surface area (Å²) in [6.45, 7) is 3.14. The van der Waals surface area contributed by atoms with Crippen molar-refractivity contribution < 1.29 is 9.53 Å². The minimum atomic E-state index is -0.157. The van der Waals surface area contributed by atoms with Gasteiger partial charge in [0.25, 0.3) is 0 Å². The smallest absolute Gasteiger partial charge is 0.315 e. The molecule has 0 aliphatic rings. The number of carbonyl (C=O) groups is 1. The maximum absolute atomic E-state index is 11.8. The molecule has 0 fully saturated rings. The standard InChI is InChI=1S/C18H22N2O2/c1-14-7-9-15(10-8-14)13-20-18(21)19-12-11-16-5-3-4-6-17(16)22-2/h3-10H,11-13H2,1-2H3,(H2,19,20,21). The number of aryl methyl sites for hydroxylation is 1. The van der Waals surface area contributed by atoms with Gasteiger partial charge in [-0.3, -0.25) is 0 Å². The number of hydrogen-bond acceptors (Lipinski definition) is 2. The van der Waals surface area contributed by atoms with Crippen LogP contribution in [0.4, 0.5) is 4.79 Å². The molecule has 2 amide bonds. The van der Waals surface area contributed by atoms with Crippen LogP contribution in [0.25, 0.3) is 0 Å². The van der Waals surface area contributed by atoms with Crippen LogP contribution in [-0.2, 0) is 13.0 Å². The van der Waals surface area contributed by atoms with Crippen LogP contribution < -0.4 is 15.4 Å². The molecule has 0 unspecified atom stereocenters. The molecule has 0 bridgehead atoms. The Balaban J connectivity index is 1.72. The predicted octanol–water partition coefficient (Wildman–Crippen LogP) is 3.05. The van der Waals surface area contributed by atoms with Gasteiger partial charge in [0.2, 0.25) is 0 Å². The van der Waals surface area contributed by atoms with Crippen molar-refractivity contribution in [2.24, 2.45) is 0 Å². The summed E-state index contributed by atoms with van der Waals surface area (Å²) in [6.07, 6.45) is 0.738. The molecular weight excluding hydrogens is 276 g/mol. The van der Waals surface area contributed by atoms with Crippen molar-refractivity contribution in [2.45, 2.75) is 19.9 Å². The largest absolute Gasteiger partial charge is 0.496 e. The molecule has 22 heavy (non-hydrogen) atoms. The summed E-state index contributed by atoms with van der Waals surface area (Å²) in [5.41, 5.74) is 3.39. The lowest BCUT2D eigenvalue weighted by molar-refractivity contribution is 0.240. The fourth-order valence-corrected chi connectivity index (χ4v) is 2.17. The van der Waals surface area contributed by atoms with Crippen molar-refractivity contribution in [3.05, 3.63) is 65.2 Å². The fourth-order valence-electron chi connectivity index (χ4n) is 2.17. The summed E-state index contributed by atoms with van der Waals surface area (Å²) in [4.78, 5) is 11.8. The minimum absolute atomic E-state index is 0.157. The highest BCUT2D eigenvalue weighted by molar-refractivity contribution is 5.73. The third kappa shape index (κ3) is 4.81. The predicted molar refractivity (Wildman–Crippen MR) is 88.1 cm³/mol. The Morgan fingerprint density at radius 3 is 2.50 bits per heavy atom. The van der Waals surface area contributed by atoms with E-state index in [0.29, 0.717) is 13.1 Å². The lowest BCUT2D eigenvalue weighted by atomic mass is 10.1. The summed E-state index contributed by atoms with van der Waals surface area (Å²) in [7, 11) is 1.65. The highest BCUT2D eigenvalue weighted by Crippen LogP contribution is 2.17. The number of benzene rings is 2. The zero-order valence-electron chi connectivity index (χ0n) is 13.1. The zero-order valence-corrected chi connectivity index (χ0v) is 13.1. The number of ether oxygens (including phenoxy) is 1. The van der Waals surface area contributed by atoms with E-state index in [0.717, 1.165) is 23.3 Å². The maximum atomic E-state index is 11.8. The van der Waals surface area contributed by atoms with E-state index in [1.807, 2.05) is 55.5 Å². The van der Waals surface area contributed by atoms with Gasteiger partial charge >= 0.3 is 6.03 Å². The first-order valence-corrected chi connectivity index (χ1v) is 7.38. The average molecular weight is 298 g/mol. The van der Waals surface area contributed by atoms with E-state index in [9.17, 15) is 4.79 Å². The number of methoxy groups -OCH3 is 1. The van der Waals surface area contributed by atoms with Crippen molar-refractivity contribution in [1.29, 1.82) is 0 Å². The van der Waals surface area contributed by atoms with Crippen LogP contribution in [0.3, 0.4) is 0 Å². The molecule has 0 heterocycles. The second-order valence-corrected chi connectivity index (χ2v) is 5.16. The Kier molecular flexibility index (Phi) is 5.83. The second kappa shape index (κ2) is 8.08. The topological polar surface area (TPSA) is 50.4 Å². The molecule has 2 aromatic carbocycles. The van der Waals surface area contributed by atoms with Crippen molar-refractivity contribution in [3.63, 3.8) is 0 Å². The first kappa shape index (κ1) is 15.9. The monoisotopic (exact) mass is 298 g/mol. The third-order valence-corrected chi connectivity index (χ3v) is 3.45. The average Bonchev–Trinajstić information content (AvgIpc) is 2.55. The van der Waals surface area contributed by atoms with Crippen LogP contribution in [0.2, 0.25) is 0 Å². The van der Waals surface area contributed by atoms with E-state index < -0.39 is 0 Å². The van der Waals surface area contributed by atoms with Gasteiger partial charge in [0, 0.05) is 13.1 Å². The number of para-hydroxylation sites is 1. The fraction of sp³-hybridized carbons (Fsp3) is 0.278. The molecule has 4 nitrogen and oxygen atoms in total. The molecular formula is C18H22N2O2. The van der Waals surface area contributed by atoms with E-state index in [4.69, 9.17) is 4.74 Å². The van der Waals surface area contributed by atoms with E-state index in [2.05, 4.69) is 10.6 Å². The Morgan fingerprint density at radius 1 is 1.05 bits per heavy atom. The maximum Gasteiger partial charge on any atom is 0.315 e. The van der Waals surface area contributed by atoms with Gasteiger partial charge in [-0.2, -0.15) is 0 Å². The normalized spacial score (nSPS) is 10.1. The van der Waals surface area contributed by atoms with Gasteiger partial charge in [-0.1, -0.05) is 48.0 Å². The number of nitrogens with one attached hydrogen (secondary N) is 2. The highest BCUT2D eigenvalue weighted by atomic mass is 16.5. The van der Waals surface area contributed by atoms with E-state index in [1.54, 1.807) is 7.11 Å². The van der Waals surface area contributed by atoms with E-state index in [1.165, 1.54) is 5.56 Å². The zero-order chi connectivity index (χ0) is 15.8. The first-order valence-electron chi connectivity index (χ1n) is 7.38. The molecule has 0 aromatic heterocycles. The third-order valence-electron chi connectivity index (χ3n) is 3.45. The molecule has 0 saturated heterocycles. The van der Waals surface area contributed by atoms with Gasteiger partial charge in [0.1, 0.15) is 5.75 Å². The summed E-state index contributed by atoms with van der Waals surface area (Å²) in [6, 6.07) is 15.8. The highest BCUT2D eigenvalue weighted by Gasteiger charge is 2.03. The number of rotatable bonds is 6. The van der Waals surface area contributed by atoms with Crippen LogP contribution in [0.1, 0.15) is 16.7 Å². The van der Waals surface area contributed by atoms with Gasteiger partial charge in [-0.15, -0.1) is 0 Å². The van der Waals surface area contributed by atoms with Crippen molar-refractivity contribution in [3.8, 4) is 5.75 Å². The minimum Gasteiger partial charge on any atom is -0.496 e. The molecule has 116 valence electrons. The van der Waals surface area contributed by atoms with Crippen LogP contribution in [0, 0.1) is 6.92 Å². The molecule has 0 aliphatic heterocycles. The molecule has 0 saturated carbocycles. The van der Waals surface area contributed by atoms with E-state index >= 15 is 0 Å². The molecule has 0 radical (unpaired) electrons. The van der Waals surface area contributed by atoms with Crippen molar-refractivity contribution in [2.75, 3.05) is 13.7 Å². The Hall–Kier alpha value is -2.49. The van der Waals surface area contributed by atoms with Crippen LogP contribution in [-0.4, -0.2) is 19.7 Å². The summed E-state index contributed by atoms with van der Waals surface area (Å²) in [5.74, 6) is 0.851. The first-order chi connectivity index (χ1) is 10.7. The van der Waals surface area contributed by atoms with Crippen molar-refractivity contribution in [1.82, 2.24) is 10.6 Å². The second-order valence-electron chi connectivity index (χ2n) is 5.16. The van der Waals surface area contributed by atoms with Crippen molar-refractivity contribution >= 4 is 6.03 Å². The lowest BCUT2D eigenvalue weighted by Crippen LogP contribution is -2.36. The van der Waals surface area contributed by atoms with Gasteiger partial charge in [-0.05, 0) is 30.5 Å². The molecule has 0 spiro atoms. The van der Waals surface area contributed by atoms with Gasteiger partial charge in [0.05, 0.1) is 7.11 Å². The van der Waals surface area contributed by atoms with Gasteiger partial charge < -0.3 is 15.4 Å². The SMILES string of the molecule is COc1ccccc1CCNC(=O)NCc1ccc(C)cc1. The molecule has 4 heteroatoms. The quantitative estimate of drug-likeness (QED) is 0.861. The van der Waals surface area contributed by atoms with Gasteiger partial charge in [-0.25, -0.2) is 4.79 Å². The lowest BCUT2D eigenvalue weighted by Gasteiger charge is -2.10. The summed E-state index contributed by atoms with van der Waals surface area (Å²) in [5, 5.41) is 5.71. The van der Waals surface area contributed by atoms with E-state index in [-0.39, 0.29) is 6.03 Å². The molecule has 2 rings (SSSR count). The summed E-state index contributed by atoms with van der Waals surface area (Å²) < 4.78 is 5.29. The van der Waals surface area contributed by atoms with Gasteiger partial charge in [0.15, 0.2) is 0 Å². The number of hydrogen-bond donors (Lipinski definition) is 2. The molecule has 2 aromatic rings. The summed E-state index contributed by atoms with van der Waals surface area (Å²) >= 11 is 0.